The molecule has 51 heavy (non-hydrogen) atoms. The van der Waals surface area contributed by atoms with Gasteiger partial charge in [-0.25, -0.2) is 4.98 Å². The highest BCUT2D eigenvalue weighted by Crippen LogP contribution is 2.43. The molecule has 0 aliphatic carbocycles. The van der Waals surface area contributed by atoms with Crippen molar-refractivity contribution < 1.29 is 9.59 Å². The lowest BCUT2D eigenvalue weighted by Crippen LogP contribution is -2.44. The van der Waals surface area contributed by atoms with Crippen molar-refractivity contribution in [1.29, 1.82) is 0 Å². The number of benzene rings is 4. The van der Waals surface area contributed by atoms with Gasteiger partial charge in [0.05, 0.1) is 35.1 Å². The molecule has 9 nitrogen and oxygen atoms in total. The van der Waals surface area contributed by atoms with Gasteiger partial charge in [-0.05, 0) is 67.8 Å². The summed E-state index contributed by atoms with van der Waals surface area (Å²) < 4.78 is 2.04. The first-order valence-electron chi connectivity index (χ1n) is 16.7. The highest BCUT2D eigenvalue weighted by atomic mass is 35.5. The summed E-state index contributed by atoms with van der Waals surface area (Å²) >= 11 is 19.5. The third-order valence-corrected chi connectivity index (χ3v) is 10.2. The molecule has 12 heteroatoms. The average Bonchev–Trinajstić information content (AvgIpc) is 3.70. The van der Waals surface area contributed by atoms with Crippen molar-refractivity contribution in [1.82, 2.24) is 19.9 Å². The standard InChI is InChI=1S/C39H36Cl3N7O2/c1-22(29-11-8-25(40)18-31(29)42)49-21-44-36(24-6-4-3-5-7-24)38(49)35-30-12-9-26(41)19-32(30)46-37(35)39(51)47-33-20-27(43)10-13-34(33)48-16-14-28(15-17-48)45-23(2)50/h3-13,18-22,28,46H,14-17,43H2,1-2H3,(H,45,50)(H,47,51)/t22-/m0/s1. The van der Waals surface area contributed by atoms with E-state index in [-0.39, 0.29) is 23.9 Å². The Labute approximate surface area is 310 Å². The molecule has 5 N–H and O–H groups in total. The maximum Gasteiger partial charge on any atom is 0.272 e. The number of nitrogens with one attached hydrogen (secondary N) is 3. The molecule has 260 valence electrons. The van der Waals surface area contributed by atoms with Crippen LogP contribution in [-0.2, 0) is 4.79 Å². The summed E-state index contributed by atoms with van der Waals surface area (Å²) in [7, 11) is 0. The zero-order chi connectivity index (χ0) is 35.8. The number of nitrogens with two attached hydrogens (primary N) is 1. The second kappa shape index (κ2) is 14.3. The molecule has 6 aromatic rings. The zero-order valence-electron chi connectivity index (χ0n) is 28.0. The quantitative estimate of drug-likeness (QED) is 0.116. The highest BCUT2D eigenvalue weighted by molar-refractivity contribution is 6.35. The number of hydrogen-bond acceptors (Lipinski definition) is 5. The van der Waals surface area contributed by atoms with Crippen molar-refractivity contribution in [2.75, 3.05) is 29.0 Å². The summed E-state index contributed by atoms with van der Waals surface area (Å²) in [6, 6.07) is 26.2. The van der Waals surface area contributed by atoms with Crippen LogP contribution in [0.2, 0.25) is 15.1 Å². The number of rotatable bonds is 8. The van der Waals surface area contributed by atoms with Crippen molar-refractivity contribution in [2.24, 2.45) is 0 Å². The second-order valence-electron chi connectivity index (χ2n) is 12.8. The number of aromatic amines is 1. The van der Waals surface area contributed by atoms with Crippen LogP contribution in [0.15, 0.2) is 91.3 Å². The molecule has 1 aliphatic rings. The van der Waals surface area contributed by atoms with Crippen molar-refractivity contribution in [3.8, 4) is 22.5 Å². The van der Waals surface area contributed by atoms with Gasteiger partial charge in [-0.15, -0.1) is 0 Å². The maximum atomic E-state index is 14.6. The Morgan fingerprint density at radius 2 is 1.67 bits per heavy atom. The number of imidazole rings is 1. The van der Waals surface area contributed by atoms with Gasteiger partial charge < -0.3 is 30.8 Å². The molecule has 2 aromatic heterocycles. The third kappa shape index (κ3) is 7.02. The molecule has 7 rings (SSSR count). The lowest BCUT2D eigenvalue weighted by Gasteiger charge is -2.35. The Bertz CT molecular complexity index is 2260. The molecule has 2 amide bonds. The predicted molar refractivity (Wildman–Crippen MR) is 208 cm³/mol. The lowest BCUT2D eigenvalue weighted by atomic mass is 9.99. The topological polar surface area (TPSA) is 121 Å². The molecule has 1 fully saturated rings. The van der Waals surface area contributed by atoms with Gasteiger partial charge in [0.15, 0.2) is 0 Å². The Hall–Kier alpha value is -4.96. The van der Waals surface area contributed by atoms with Crippen LogP contribution >= 0.6 is 34.8 Å². The Morgan fingerprint density at radius 1 is 0.941 bits per heavy atom. The fourth-order valence-electron chi connectivity index (χ4n) is 6.95. The van der Waals surface area contributed by atoms with Crippen molar-refractivity contribution in [3.05, 3.63) is 118 Å². The van der Waals surface area contributed by atoms with E-state index >= 15 is 0 Å². The lowest BCUT2D eigenvalue weighted by molar-refractivity contribution is -0.119. The van der Waals surface area contributed by atoms with E-state index in [0.717, 1.165) is 40.7 Å². The Balaban J connectivity index is 1.35. The Kier molecular flexibility index (Phi) is 9.70. The minimum absolute atomic E-state index is 0.0354. The summed E-state index contributed by atoms with van der Waals surface area (Å²) in [5, 5.41) is 8.59. The van der Waals surface area contributed by atoms with Crippen LogP contribution in [-0.4, -0.2) is 45.5 Å². The number of H-pyrrole nitrogens is 1. The first-order chi connectivity index (χ1) is 24.6. The fraction of sp³-hybridized carbons (Fsp3) is 0.205. The largest absolute Gasteiger partial charge is 0.399 e. The smallest absolute Gasteiger partial charge is 0.272 e. The van der Waals surface area contributed by atoms with Gasteiger partial charge in [-0.3, -0.25) is 9.59 Å². The Morgan fingerprint density at radius 3 is 2.39 bits per heavy atom. The van der Waals surface area contributed by atoms with E-state index < -0.39 is 0 Å². The van der Waals surface area contributed by atoms with Gasteiger partial charge >= 0.3 is 0 Å². The number of carbonyl (C=O) groups excluding carboxylic acids is 2. The molecule has 0 unspecified atom stereocenters. The van der Waals surface area contributed by atoms with Crippen LogP contribution < -0.4 is 21.3 Å². The van der Waals surface area contributed by atoms with E-state index in [4.69, 9.17) is 45.5 Å². The molecule has 4 aromatic carbocycles. The highest BCUT2D eigenvalue weighted by Gasteiger charge is 2.29. The van der Waals surface area contributed by atoms with Crippen LogP contribution in [0.3, 0.4) is 0 Å². The molecular weight excluding hydrogens is 705 g/mol. The van der Waals surface area contributed by atoms with Gasteiger partial charge in [0, 0.05) is 68.8 Å². The van der Waals surface area contributed by atoms with Crippen molar-refractivity contribution in [2.45, 2.75) is 38.8 Å². The summed E-state index contributed by atoms with van der Waals surface area (Å²) in [4.78, 5) is 36.8. The molecular formula is C39H36Cl3N7O2. The average molecular weight is 741 g/mol. The summed E-state index contributed by atoms with van der Waals surface area (Å²) in [6.45, 7) is 4.99. The number of anilines is 3. The second-order valence-corrected chi connectivity index (χ2v) is 14.1. The third-order valence-electron chi connectivity index (χ3n) is 9.41. The van der Waals surface area contributed by atoms with Crippen molar-refractivity contribution >= 4 is 74.6 Å². The van der Waals surface area contributed by atoms with E-state index in [1.54, 1.807) is 18.5 Å². The summed E-state index contributed by atoms with van der Waals surface area (Å²) in [5.74, 6) is -0.395. The van der Waals surface area contributed by atoms with Crippen LogP contribution in [0.4, 0.5) is 17.1 Å². The summed E-state index contributed by atoms with van der Waals surface area (Å²) in [6.07, 6.45) is 3.35. The zero-order valence-corrected chi connectivity index (χ0v) is 30.3. The first kappa shape index (κ1) is 34.5. The minimum Gasteiger partial charge on any atom is -0.399 e. The molecule has 1 atom stereocenters. The van der Waals surface area contributed by atoms with Gasteiger partial charge in [0.2, 0.25) is 5.91 Å². The molecule has 0 spiro atoms. The van der Waals surface area contributed by atoms with Crippen LogP contribution in [0.25, 0.3) is 33.4 Å². The number of fused-ring (bicyclic) bond motifs is 1. The molecule has 0 radical (unpaired) electrons. The van der Waals surface area contributed by atoms with Gasteiger partial charge in [-0.1, -0.05) is 77.3 Å². The van der Waals surface area contributed by atoms with Crippen LogP contribution in [0, 0.1) is 0 Å². The monoisotopic (exact) mass is 739 g/mol. The number of halogens is 3. The van der Waals surface area contributed by atoms with E-state index in [9.17, 15) is 9.59 Å². The number of carbonyl (C=O) groups is 2. The predicted octanol–water partition coefficient (Wildman–Crippen LogP) is 9.21. The number of aromatic nitrogens is 3. The first-order valence-corrected chi connectivity index (χ1v) is 17.8. The molecule has 0 bridgehead atoms. The van der Waals surface area contributed by atoms with E-state index in [1.807, 2.05) is 84.3 Å². The van der Waals surface area contributed by atoms with Crippen LogP contribution in [0.1, 0.15) is 48.8 Å². The minimum atomic E-state index is -0.360. The van der Waals surface area contributed by atoms with Crippen LogP contribution in [0.5, 0.6) is 0 Å². The molecule has 1 aliphatic heterocycles. The number of hydrogen-bond donors (Lipinski definition) is 4. The summed E-state index contributed by atoms with van der Waals surface area (Å²) in [5.41, 5.74) is 13.1. The maximum absolute atomic E-state index is 14.6. The SMILES string of the molecule is CC(=O)NC1CCN(c2ccc(N)cc2NC(=O)c2[nH]c3cc(Cl)ccc3c2-c2c(-c3ccccc3)ncn2[C@@H](C)c2ccc(Cl)cc2Cl)CC1. The molecule has 3 heterocycles. The fourth-order valence-corrected chi connectivity index (χ4v) is 7.69. The number of piperidine rings is 1. The number of nitrogen functional groups attached to an aromatic ring is 1. The normalized spacial score (nSPS) is 14.1. The number of amides is 2. The van der Waals surface area contributed by atoms with E-state index in [0.29, 0.717) is 62.0 Å². The van der Waals surface area contributed by atoms with E-state index in [2.05, 4.69) is 20.5 Å². The van der Waals surface area contributed by atoms with Gasteiger partial charge in [-0.2, -0.15) is 0 Å². The van der Waals surface area contributed by atoms with Crippen molar-refractivity contribution in [3.63, 3.8) is 0 Å². The van der Waals surface area contributed by atoms with E-state index in [1.165, 1.54) is 6.92 Å². The molecule has 1 saturated heterocycles. The van der Waals surface area contributed by atoms with Gasteiger partial charge in [0.1, 0.15) is 5.69 Å². The molecule has 0 saturated carbocycles. The van der Waals surface area contributed by atoms with Gasteiger partial charge in [0.25, 0.3) is 5.91 Å². The number of nitrogens with zero attached hydrogens (tertiary/aromatic N) is 3.